The molecule has 4 aromatic rings. The third-order valence-electron chi connectivity index (χ3n) is 5.77. The fourth-order valence-corrected chi connectivity index (χ4v) is 4.11. The van der Waals surface area contributed by atoms with Gasteiger partial charge < -0.3 is 14.5 Å². The topological polar surface area (TPSA) is 110 Å². The number of anilines is 1. The second-order valence-corrected chi connectivity index (χ2v) is 7.96. The SMILES string of the molecule is O=C(O)[C@@H]1CCCCN1c1nc(-c2cc(-c3ccon3)n(Cc3ccccc3F)n2)ncc1F. The first-order valence-electron chi connectivity index (χ1n) is 10.8. The Morgan fingerprint density at radius 2 is 2.00 bits per heavy atom. The molecular weight excluding hydrogens is 446 g/mol. The minimum Gasteiger partial charge on any atom is -0.480 e. The first-order chi connectivity index (χ1) is 16.5. The molecule has 174 valence electrons. The minimum absolute atomic E-state index is 0.0799. The highest BCUT2D eigenvalue weighted by Gasteiger charge is 2.32. The molecule has 0 amide bonds. The van der Waals surface area contributed by atoms with Crippen molar-refractivity contribution in [2.75, 3.05) is 11.4 Å². The van der Waals surface area contributed by atoms with E-state index in [1.165, 1.54) is 17.2 Å². The summed E-state index contributed by atoms with van der Waals surface area (Å²) in [4.78, 5) is 21.6. The van der Waals surface area contributed by atoms with Crippen molar-refractivity contribution in [3.8, 4) is 22.9 Å². The van der Waals surface area contributed by atoms with Crippen LogP contribution in [0.2, 0.25) is 0 Å². The molecule has 1 aromatic carbocycles. The van der Waals surface area contributed by atoms with Gasteiger partial charge >= 0.3 is 5.97 Å². The number of carboxylic acid groups (broad SMARTS) is 1. The van der Waals surface area contributed by atoms with Crippen LogP contribution >= 0.6 is 0 Å². The molecule has 4 heterocycles. The Labute approximate surface area is 192 Å². The molecular formula is C23H20F2N6O3. The Balaban J connectivity index is 1.56. The maximum absolute atomic E-state index is 14.7. The lowest BCUT2D eigenvalue weighted by atomic mass is 10.0. The Morgan fingerprint density at radius 1 is 1.15 bits per heavy atom. The molecule has 0 radical (unpaired) electrons. The van der Waals surface area contributed by atoms with Gasteiger partial charge in [-0.1, -0.05) is 23.4 Å². The lowest BCUT2D eigenvalue weighted by Gasteiger charge is -2.33. The zero-order valence-electron chi connectivity index (χ0n) is 17.9. The fourth-order valence-electron chi connectivity index (χ4n) is 4.11. The second-order valence-electron chi connectivity index (χ2n) is 7.96. The van der Waals surface area contributed by atoms with Crippen molar-refractivity contribution in [3.05, 3.63) is 66.1 Å². The normalized spacial score (nSPS) is 16.1. The second kappa shape index (κ2) is 9.00. The summed E-state index contributed by atoms with van der Waals surface area (Å²) < 4.78 is 35.5. The predicted molar refractivity (Wildman–Crippen MR) is 117 cm³/mol. The lowest BCUT2D eigenvalue weighted by molar-refractivity contribution is -0.139. The molecule has 1 aliphatic heterocycles. The van der Waals surface area contributed by atoms with Gasteiger partial charge in [0.2, 0.25) is 0 Å². The highest BCUT2D eigenvalue weighted by atomic mass is 19.1. The van der Waals surface area contributed by atoms with Crippen molar-refractivity contribution in [2.24, 2.45) is 0 Å². The van der Waals surface area contributed by atoms with Gasteiger partial charge in [0.05, 0.1) is 18.4 Å². The Bertz CT molecular complexity index is 1320. The zero-order valence-corrected chi connectivity index (χ0v) is 17.9. The van der Waals surface area contributed by atoms with Crippen molar-refractivity contribution >= 4 is 11.8 Å². The number of rotatable bonds is 6. The van der Waals surface area contributed by atoms with Gasteiger partial charge in [0.25, 0.3) is 0 Å². The summed E-state index contributed by atoms with van der Waals surface area (Å²) in [6, 6.07) is 8.77. The molecule has 5 rings (SSSR count). The van der Waals surface area contributed by atoms with Crippen LogP contribution in [0.4, 0.5) is 14.6 Å². The van der Waals surface area contributed by atoms with Crippen LogP contribution in [0.3, 0.4) is 0 Å². The number of carboxylic acids is 1. The van der Waals surface area contributed by atoms with Gasteiger partial charge in [-0.25, -0.2) is 23.5 Å². The summed E-state index contributed by atoms with van der Waals surface area (Å²) in [5.41, 5.74) is 1.72. The summed E-state index contributed by atoms with van der Waals surface area (Å²) in [7, 11) is 0. The van der Waals surface area contributed by atoms with Crippen LogP contribution in [-0.2, 0) is 11.3 Å². The number of aliphatic carboxylic acids is 1. The van der Waals surface area contributed by atoms with E-state index in [0.717, 1.165) is 19.0 Å². The van der Waals surface area contributed by atoms with E-state index in [1.807, 2.05) is 0 Å². The molecule has 1 saturated heterocycles. The van der Waals surface area contributed by atoms with Gasteiger partial charge in [-0.05, 0) is 31.4 Å². The highest BCUT2D eigenvalue weighted by molar-refractivity contribution is 5.78. The van der Waals surface area contributed by atoms with E-state index in [2.05, 4.69) is 20.2 Å². The van der Waals surface area contributed by atoms with E-state index >= 15 is 0 Å². The molecule has 0 aliphatic carbocycles. The lowest BCUT2D eigenvalue weighted by Crippen LogP contribution is -2.45. The van der Waals surface area contributed by atoms with Crippen LogP contribution in [0.1, 0.15) is 24.8 Å². The Kier molecular flexibility index (Phi) is 5.74. The number of hydrogen-bond acceptors (Lipinski definition) is 7. The van der Waals surface area contributed by atoms with E-state index in [4.69, 9.17) is 4.52 Å². The van der Waals surface area contributed by atoms with Crippen molar-refractivity contribution in [3.63, 3.8) is 0 Å². The van der Waals surface area contributed by atoms with E-state index in [-0.39, 0.29) is 24.0 Å². The third kappa shape index (κ3) is 4.12. The van der Waals surface area contributed by atoms with Crippen molar-refractivity contribution in [1.29, 1.82) is 0 Å². The molecule has 1 fully saturated rings. The third-order valence-corrected chi connectivity index (χ3v) is 5.77. The molecule has 0 unspecified atom stereocenters. The number of aromatic nitrogens is 5. The van der Waals surface area contributed by atoms with Crippen molar-refractivity contribution in [2.45, 2.75) is 31.8 Å². The molecule has 0 saturated carbocycles. The monoisotopic (exact) mass is 466 g/mol. The predicted octanol–water partition coefficient (Wildman–Crippen LogP) is 3.77. The zero-order chi connectivity index (χ0) is 23.7. The molecule has 9 nitrogen and oxygen atoms in total. The number of hydrogen-bond donors (Lipinski definition) is 1. The standard InChI is InChI=1S/C23H20F2N6O3/c24-15-6-2-1-5-14(15)13-31-20(17-8-10-34-29-17)11-18(28-31)21-26-12-16(25)22(27-21)30-9-4-3-7-19(30)23(32)33/h1-2,5-6,8,10-12,19H,3-4,7,9,13H2,(H,32,33)/t19-/m0/s1. The number of benzene rings is 1. The highest BCUT2D eigenvalue weighted by Crippen LogP contribution is 2.29. The summed E-state index contributed by atoms with van der Waals surface area (Å²) in [5, 5.41) is 18.1. The number of halogens is 2. The Morgan fingerprint density at radius 3 is 2.76 bits per heavy atom. The van der Waals surface area contributed by atoms with Crippen LogP contribution in [0, 0.1) is 11.6 Å². The van der Waals surface area contributed by atoms with Gasteiger partial charge in [-0.15, -0.1) is 0 Å². The van der Waals surface area contributed by atoms with Crippen LogP contribution in [0.15, 0.2) is 53.4 Å². The molecule has 0 bridgehead atoms. The number of nitrogens with zero attached hydrogens (tertiary/aromatic N) is 6. The first kappa shape index (κ1) is 21.7. The van der Waals surface area contributed by atoms with Gasteiger partial charge in [0.15, 0.2) is 17.5 Å². The molecule has 34 heavy (non-hydrogen) atoms. The molecule has 1 N–H and O–H groups in total. The van der Waals surface area contributed by atoms with Crippen molar-refractivity contribution in [1.82, 2.24) is 24.9 Å². The first-order valence-corrected chi connectivity index (χ1v) is 10.8. The fraction of sp³-hybridized carbons (Fsp3) is 0.261. The minimum atomic E-state index is -1.03. The Hall–Kier alpha value is -4.15. The molecule has 1 aliphatic rings. The summed E-state index contributed by atoms with van der Waals surface area (Å²) >= 11 is 0. The average Bonchev–Trinajstić information content (AvgIpc) is 3.51. The summed E-state index contributed by atoms with van der Waals surface area (Å²) in [6.45, 7) is 0.479. The largest absolute Gasteiger partial charge is 0.480 e. The van der Waals surface area contributed by atoms with Crippen LogP contribution < -0.4 is 4.90 Å². The van der Waals surface area contributed by atoms with Gasteiger partial charge in [0.1, 0.15) is 29.5 Å². The average molecular weight is 466 g/mol. The molecule has 0 spiro atoms. The van der Waals surface area contributed by atoms with E-state index < -0.39 is 17.8 Å². The van der Waals surface area contributed by atoms with Gasteiger partial charge in [-0.2, -0.15) is 5.10 Å². The van der Waals surface area contributed by atoms with Crippen LogP contribution in [-0.4, -0.2) is 48.6 Å². The quantitative estimate of drug-likeness (QED) is 0.457. The molecule has 3 aromatic heterocycles. The van der Waals surface area contributed by atoms with Crippen LogP contribution in [0.5, 0.6) is 0 Å². The van der Waals surface area contributed by atoms with E-state index in [1.54, 1.807) is 35.0 Å². The summed E-state index contributed by atoms with van der Waals surface area (Å²) in [5.74, 6) is -2.08. The van der Waals surface area contributed by atoms with Crippen molar-refractivity contribution < 1.29 is 23.2 Å². The maximum atomic E-state index is 14.7. The summed E-state index contributed by atoms with van der Waals surface area (Å²) in [6.07, 6.45) is 4.30. The number of piperidine rings is 1. The van der Waals surface area contributed by atoms with Gasteiger partial charge in [-0.3, -0.25) is 4.68 Å². The number of carbonyl (C=O) groups is 1. The van der Waals surface area contributed by atoms with Crippen LogP contribution in [0.25, 0.3) is 22.9 Å². The molecule has 1 atom stereocenters. The maximum Gasteiger partial charge on any atom is 0.326 e. The van der Waals surface area contributed by atoms with E-state index in [9.17, 15) is 18.7 Å². The van der Waals surface area contributed by atoms with E-state index in [0.29, 0.717) is 35.6 Å². The smallest absolute Gasteiger partial charge is 0.326 e. The van der Waals surface area contributed by atoms with Gasteiger partial charge in [0, 0.05) is 18.2 Å². The molecule has 11 heteroatoms.